The summed E-state index contributed by atoms with van der Waals surface area (Å²) in [7, 11) is 0. The highest BCUT2D eigenvalue weighted by Gasteiger charge is 2.22. The number of anilines is 1. The molecule has 1 atom stereocenters. The van der Waals surface area contributed by atoms with Crippen molar-refractivity contribution in [2.45, 2.75) is 38.6 Å². The maximum absolute atomic E-state index is 14.5. The van der Waals surface area contributed by atoms with Gasteiger partial charge in [-0.05, 0) is 47.8 Å². The van der Waals surface area contributed by atoms with Gasteiger partial charge >= 0.3 is 0 Å². The summed E-state index contributed by atoms with van der Waals surface area (Å²) < 4.78 is 14.9. The minimum Gasteiger partial charge on any atom is -0.389 e. The van der Waals surface area contributed by atoms with Gasteiger partial charge in [-0.15, -0.1) is 0 Å². The van der Waals surface area contributed by atoms with Crippen molar-refractivity contribution in [1.82, 2.24) is 0 Å². The van der Waals surface area contributed by atoms with E-state index in [-0.39, 0.29) is 10.8 Å². The lowest BCUT2D eigenvalue weighted by Crippen LogP contribution is -2.33. The second kappa shape index (κ2) is 6.18. The fourth-order valence-electron chi connectivity index (χ4n) is 2.58. The third kappa shape index (κ3) is 3.08. The number of benzene rings is 1. The molecule has 2 rings (SSSR count). The highest BCUT2D eigenvalue weighted by atomic mass is 79.9. The first kappa shape index (κ1) is 14.7. The van der Waals surface area contributed by atoms with Crippen LogP contribution >= 0.6 is 28.1 Å². The van der Waals surface area contributed by atoms with E-state index in [0.29, 0.717) is 21.8 Å². The fourth-order valence-corrected chi connectivity index (χ4v) is 3.43. The molecule has 0 aromatic heterocycles. The van der Waals surface area contributed by atoms with Crippen LogP contribution in [0.5, 0.6) is 0 Å². The normalized spacial score (nSPS) is 20.2. The van der Waals surface area contributed by atoms with Gasteiger partial charge in [-0.1, -0.05) is 25.1 Å². The average Bonchev–Trinajstić information content (AvgIpc) is 2.57. The second-order valence-corrected chi connectivity index (χ2v) is 6.25. The number of halogens is 2. The molecular formula is C14H18BrFN2S. The molecule has 1 heterocycles. The summed E-state index contributed by atoms with van der Waals surface area (Å²) in [6, 6.07) is 3.94. The van der Waals surface area contributed by atoms with Gasteiger partial charge in [-0.2, -0.15) is 0 Å². The molecule has 0 bridgehead atoms. The summed E-state index contributed by atoms with van der Waals surface area (Å²) in [6.07, 6.45) is 4.65. The van der Waals surface area contributed by atoms with Crippen LogP contribution in [0.4, 0.5) is 10.1 Å². The Bertz CT molecular complexity index is 493. The van der Waals surface area contributed by atoms with Gasteiger partial charge < -0.3 is 10.6 Å². The van der Waals surface area contributed by atoms with E-state index >= 15 is 0 Å². The van der Waals surface area contributed by atoms with E-state index in [1.54, 1.807) is 12.1 Å². The third-order valence-corrected chi connectivity index (χ3v) is 4.68. The topological polar surface area (TPSA) is 29.3 Å². The lowest BCUT2D eigenvalue weighted by molar-refractivity contribution is 0.577. The van der Waals surface area contributed by atoms with Gasteiger partial charge in [0.2, 0.25) is 0 Å². The molecule has 104 valence electrons. The number of hydrogen-bond donors (Lipinski definition) is 1. The summed E-state index contributed by atoms with van der Waals surface area (Å²) in [6.45, 7) is 3.05. The van der Waals surface area contributed by atoms with Crippen molar-refractivity contribution in [1.29, 1.82) is 0 Å². The number of hydrogen-bond acceptors (Lipinski definition) is 2. The molecule has 0 saturated carbocycles. The van der Waals surface area contributed by atoms with Crippen LogP contribution in [0.15, 0.2) is 16.6 Å². The minimum atomic E-state index is -0.265. The van der Waals surface area contributed by atoms with Crippen molar-refractivity contribution in [3.8, 4) is 0 Å². The Kier molecular flexibility index (Phi) is 4.79. The zero-order valence-electron chi connectivity index (χ0n) is 11.0. The van der Waals surface area contributed by atoms with E-state index in [0.717, 1.165) is 19.4 Å². The SMILES string of the molecule is CC1CCCCCN1c1ccc(C(N)=S)c(Br)c1F. The van der Waals surface area contributed by atoms with E-state index in [9.17, 15) is 4.39 Å². The van der Waals surface area contributed by atoms with Crippen LogP contribution in [0.3, 0.4) is 0 Å². The molecule has 2 nitrogen and oxygen atoms in total. The molecule has 1 aliphatic heterocycles. The van der Waals surface area contributed by atoms with E-state index in [1.165, 1.54) is 12.8 Å². The van der Waals surface area contributed by atoms with Crippen LogP contribution in [0.2, 0.25) is 0 Å². The van der Waals surface area contributed by atoms with Gasteiger partial charge in [0.05, 0.1) is 10.2 Å². The maximum Gasteiger partial charge on any atom is 0.161 e. The zero-order valence-corrected chi connectivity index (χ0v) is 13.4. The molecule has 0 aliphatic carbocycles. The van der Waals surface area contributed by atoms with Crippen LogP contribution in [0, 0.1) is 5.82 Å². The summed E-state index contributed by atoms with van der Waals surface area (Å²) in [5.41, 5.74) is 6.78. The van der Waals surface area contributed by atoms with Crippen LogP contribution in [-0.4, -0.2) is 17.6 Å². The average molecular weight is 345 g/mol. The van der Waals surface area contributed by atoms with Crippen LogP contribution in [0.25, 0.3) is 0 Å². The highest BCUT2D eigenvalue weighted by Crippen LogP contribution is 2.32. The molecule has 1 unspecified atom stereocenters. The summed E-state index contributed by atoms with van der Waals surface area (Å²) >= 11 is 8.19. The molecular weight excluding hydrogens is 327 g/mol. The van der Waals surface area contributed by atoms with Crippen molar-refractivity contribution in [3.63, 3.8) is 0 Å². The summed E-state index contributed by atoms with van der Waals surface area (Å²) in [5, 5.41) is 0. The van der Waals surface area contributed by atoms with Gasteiger partial charge in [0, 0.05) is 18.2 Å². The van der Waals surface area contributed by atoms with Gasteiger partial charge in [-0.25, -0.2) is 4.39 Å². The van der Waals surface area contributed by atoms with Crippen molar-refractivity contribution in [3.05, 3.63) is 28.0 Å². The third-order valence-electron chi connectivity index (χ3n) is 3.69. The second-order valence-electron chi connectivity index (χ2n) is 5.02. The van der Waals surface area contributed by atoms with Gasteiger partial charge in [0.15, 0.2) is 5.82 Å². The first-order chi connectivity index (χ1) is 9.02. The molecule has 1 aromatic rings. The first-order valence-corrected chi connectivity index (χ1v) is 7.77. The Morgan fingerprint density at radius 1 is 1.42 bits per heavy atom. The van der Waals surface area contributed by atoms with Gasteiger partial charge in [0.1, 0.15) is 4.99 Å². The first-order valence-electron chi connectivity index (χ1n) is 6.57. The van der Waals surface area contributed by atoms with Crippen LogP contribution < -0.4 is 10.6 Å². The Hall–Kier alpha value is -0.680. The van der Waals surface area contributed by atoms with Crippen molar-refractivity contribution < 1.29 is 4.39 Å². The van der Waals surface area contributed by atoms with Gasteiger partial charge in [-0.3, -0.25) is 0 Å². The molecule has 0 spiro atoms. The van der Waals surface area contributed by atoms with Crippen molar-refractivity contribution in [2.75, 3.05) is 11.4 Å². The van der Waals surface area contributed by atoms with E-state index < -0.39 is 0 Å². The standard InChI is InChI=1S/C14H18BrFN2S/c1-9-5-3-2-4-8-18(9)11-7-6-10(14(17)19)12(15)13(11)16/h6-7,9H,2-5,8H2,1H3,(H2,17,19). The molecule has 1 fully saturated rings. The minimum absolute atomic E-state index is 0.209. The van der Waals surface area contributed by atoms with Crippen LogP contribution in [0.1, 0.15) is 38.2 Å². The summed E-state index contributed by atoms with van der Waals surface area (Å²) in [5.74, 6) is -0.265. The van der Waals surface area contributed by atoms with Crippen molar-refractivity contribution in [2.24, 2.45) is 5.73 Å². The highest BCUT2D eigenvalue weighted by molar-refractivity contribution is 9.10. The number of rotatable bonds is 2. The smallest absolute Gasteiger partial charge is 0.161 e. The molecule has 2 N–H and O–H groups in total. The van der Waals surface area contributed by atoms with E-state index in [2.05, 4.69) is 27.8 Å². The molecule has 0 amide bonds. The lowest BCUT2D eigenvalue weighted by Gasteiger charge is -2.30. The fraction of sp³-hybridized carbons (Fsp3) is 0.500. The predicted octanol–water partition coefficient (Wildman–Crippen LogP) is 3.99. The number of nitrogens with two attached hydrogens (primary N) is 1. The molecule has 1 aliphatic rings. The molecule has 0 radical (unpaired) electrons. The quantitative estimate of drug-likeness (QED) is 0.822. The molecule has 1 saturated heterocycles. The molecule has 5 heteroatoms. The predicted molar refractivity (Wildman–Crippen MR) is 85.3 cm³/mol. The van der Waals surface area contributed by atoms with Crippen LogP contribution in [-0.2, 0) is 0 Å². The van der Waals surface area contributed by atoms with Crippen molar-refractivity contribution >= 4 is 38.8 Å². The lowest BCUT2D eigenvalue weighted by atomic mass is 10.1. The van der Waals surface area contributed by atoms with E-state index in [4.69, 9.17) is 18.0 Å². The van der Waals surface area contributed by atoms with E-state index in [1.807, 2.05) is 0 Å². The Morgan fingerprint density at radius 2 is 2.16 bits per heavy atom. The molecule has 1 aromatic carbocycles. The largest absolute Gasteiger partial charge is 0.389 e. The zero-order chi connectivity index (χ0) is 14.0. The maximum atomic E-state index is 14.5. The number of nitrogens with zero attached hydrogens (tertiary/aromatic N) is 1. The number of thiocarbonyl (C=S) groups is 1. The Labute approximate surface area is 127 Å². The Balaban J connectivity index is 2.39. The molecule has 19 heavy (non-hydrogen) atoms. The Morgan fingerprint density at radius 3 is 2.84 bits per heavy atom. The van der Waals surface area contributed by atoms with Gasteiger partial charge in [0.25, 0.3) is 0 Å². The monoisotopic (exact) mass is 344 g/mol. The summed E-state index contributed by atoms with van der Waals surface area (Å²) in [4.78, 5) is 2.36.